The summed E-state index contributed by atoms with van der Waals surface area (Å²) in [4.78, 5) is 38.9. The van der Waals surface area contributed by atoms with E-state index in [0.29, 0.717) is 50.9 Å². The first kappa shape index (κ1) is 33.8. The summed E-state index contributed by atoms with van der Waals surface area (Å²) < 4.78 is 36.5. The van der Waals surface area contributed by atoms with E-state index in [-0.39, 0.29) is 50.2 Å². The van der Waals surface area contributed by atoms with Crippen LogP contribution in [0.5, 0.6) is 0 Å². The molecule has 3 N–H and O–H groups in total. The van der Waals surface area contributed by atoms with Crippen LogP contribution in [0.15, 0.2) is 30.6 Å². The van der Waals surface area contributed by atoms with Crippen molar-refractivity contribution in [3.05, 3.63) is 47.3 Å². The predicted octanol–water partition coefficient (Wildman–Crippen LogP) is 5.48. The quantitative estimate of drug-likeness (QED) is 0.231. The number of aliphatic hydroxyl groups is 1. The van der Waals surface area contributed by atoms with Gasteiger partial charge < -0.3 is 30.1 Å². The number of nitrogens with one attached hydrogen (secondary N) is 1. The topological polar surface area (TPSA) is 131 Å². The first-order valence-electron chi connectivity index (χ1n) is 16.6. The number of carboxylic acid groups (broad SMARTS) is 1. The number of piperidine rings is 1. The molecule has 0 radical (unpaired) electrons. The van der Waals surface area contributed by atoms with Gasteiger partial charge in [-0.2, -0.15) is 0 Å². The van der Waals surface area contributed by atoms with Crippen LogP contribution in [0.1, 0.15) is 74.5 Å². The molecule has 3 aliphatic heterocycles. The van der Waals surface area contributed by atoms with Gasteiger partial charge in [0.1, 0.15) is 18.0 Å². The predicted molar refractivity (Wildman–Crippen MR) is 169 cm³/mol. The van der Waals surface area contributed by atoms with Crippen molar-refractivity contribution in [3.63, 3.8) is 0 Å². The van der Waals surface area contributed by atoms with Crippen LogP contribution in [0.3, 0.4) is 0 Å². The molecule has 2 saturated heterocycles. The minimum atomic E-state index is -3.05. The number of urea groups is 1. The fraction of sp³-hybridized carbons (Fsp3) is 0.636. The smallest absolute Gasteiger partial charge is 0.407 e. The number of nitrogens with zero attached hydrogens (tertiary/aromatic N) is 5. The third kappa shape index (κ3) is 8.03. The minimum absolute atomic E-state index is 0.0455. The number of halogens is 2. The molecule has 1 aromatic carbocycles. The number of hydrogen-bond acceptors (Lipinski definition) is 7. The normalized spacial score (nSPS) is 18.2. The number of carbonyl (C=O) groups is 2. The highest BCUT2D eigenvalue weighted by atomic mass is 19.3. The number of amides is 3. The van der Waals surface area contributed by atoms with E-state index in [4.69, 9.17) is 14.9 Å². The average Bonchev–Trinajstić information content (AvgIpc) is 3.07. The molecule has 0 aliphatic carbocycles. The second-order valence-corrected chi connectivity index (χ2v) is 12.5. The Morgan fingerprint density at radius 1 is 1.04 bits per heavy atom. The second kappa shape index (κ2) is 15.8. The number of aromatic nitrogens is 2. The van der Waals surface area contributed by atoms with Gasteiger partial charge in [0.25, 0.3) is 5.92 Å². The van der Waals surface area contributed by atoms with Gasteiger partial charge in [0.05, 0.1) is 12.1 Å². The number of unbranched alkanes of at least 4 members (excludes halogenated alkanes) is 4. The zero-order valence-corrected chi connectivity index (χ0v) is 26.4. The summed E-state index contributed by atoms with van der Waals surface area (Å²) in [6, 6.07) is 6.49. The molecular formula is C33H46F2N6O5. The lowest BCUT2D eigenvalue weighted by Gasteiger charge is -2.42. The Morgan fingerprint density at radius 3 is 2.52 bits per heavy atom. The van der Waals surface area contributed by atoms with Crippen LogP contribution in [-0.2, 0) is 23.6 Å². The van der Waals surface area contributed by atoms with E-state index in [1.54, 1.807) is 17.0 Å². The van der Waals surface area contributed by atoms with Crippen LogP contribution in [0, 0.1) is 5.92 Å². The summed E-state index contributed by atoms with van der Waals surface area (Å²) in [5, 5.41) is 21.6. The Labute approximate surface area is 268 Å². The first-order valence-corrected chi connectivity index (χ1v) is 16.6. The van der Waals surface area contributed by atoms with Crippen LogP contribution in [0.2, 0.25) is 0 Å². The van der Waals surface area contributed by atoms with E-state index >= 15 is 8.78 Å². The van der Waals surface area contributed by atoms with E-state index < -0.39 is 17.9 Å². The Hall–Kier alpha value is -3.58. The van der Waals surface area contributed by atoms with E-state index in [1.807, 2.05) is 11.0 Å². The highest BCUT2D eigenvalue weighted by Crippen LogP contribution is 2.42. The van der Waals surface area contributed by atoms with E-state index in [2.05, 4.69) is 15.3 Å². The largest absolute Gasteiger partial charge is 0.465 e. The zero-order chi connectivity index (χ0) is 32.5. The number of anilines is 2. The summed E-state index contributed by atoms with van der Waals surface area (Å²) in [6.45, 7) is 3.02. The molecule has 0 unspecified atom stereocenters. The molecule has 46 heavy (non-hydrogen) atoms. The fourth-order valence-electron chi connectivity index (χ4n) is 6.74. The summed E-state index contributed by atoms with van der Waals surface area (Å²) in [5.74, 6) is -2.72. The molecule has 2 aromatic rings. The maximum Gasteiger partial charge on any atom is 0.407 e. The number of carbonyl (C=O) groups excluding carboxylic acids is 1. The summed E-state index contributed by atoms with van der Waals surface area (Å²) in [7, 11) is 0. The standard InChI is InChI=1S/C33H46F2N6O5/c34-33(35,25-10-16-39(17-11-25)32(44)45)26-8-6-7-24(21-26)9-14-36-29-28-22-41(27-12-19-46-20-13-27)31(43)40(30(28)38-23-37-29)15-4-2-1-3-5-18-42/h6-8,21,23,25,27,42H,1-5,9-20,22H2,(H,44,45)(H,36,37,38). The number of benzene rings is 1. The maximum absolute atomic E-state index is 15.5. The molecule has 1 aromatic heterocycles. The van der Waals surface area contributed by atoms with Crippen LogP contribution in [-0.4, -0.2) is 94.1 Å². The molecule has 252 valence electrons. The van der Waals surface area contributed by atoms with Gasteiger partial charge in [-0.05, 0) is 56.6 Å². The van der Waals surface area contributed by atoms with Gasteiger partial charge in [-0.1, -0.05) is 37.5 Å². The van der Waals surface area contributed by atoms with Crippen molar-refractivity contribution >= 4 is 23.8 Å². The molecule has 4 heterocycles. The van der Waals surface area contributed by atoms with E-state index in [1.165, 1.54) is 17.3 Å². The van der Waals surface area contributed by atoms with Crippen molar-refractivity contribution in [2.75, 3.05) is 56.2 Å². The van der Waals surface area contributed by atoms with Crippen LogP contribution in [0.25, 0.3) is 0 Å². The molecule has 0 spiro atoms. The number of ether oxygens (including phenoxy) is 1. The Balaban J connectivity index is 1.25. The molecule has 0 atom stereocenters. The average molecular weight is 645 g/mol. The zero-order valence-electron chi connectivity index (χ0n) is 26.4. The Morgan fingerprint density at radius 2 is 1.78 bits per heavy atom. The number of rotatable bonds is 14. The maximum atomic E-state index is 15.5. The highest BCUT2D eigenvalue weighted by Gasteiger charge is 2.43. The summed E-state index contributed by atoms with van der Waals surface area (Å²) in [6.07, 6.45) is 7.17. The van der Waals surface area contributed by atoms with Crippen molar-refractivity contribution in [2.24, 2.45) is 5.92 Å². The Kier molecular flexibility index (Phi) is 11.6. The molecule has 3 aliphatic rings. The number of fused-ring (bicyclic) bond motifs is 1. The summed E-state index contributed by atoms with van der Waals surface area (Å²) in [5.41, 5.74) is 1.56. The lowest BCUT2D eigenvalue weighted by molar-refractivity contribution is -0.0836. The Bertz CT molecular complexity index is 1320. The van der Waals surface area contributed by atoms with E-state index in [0.717, 1.165) is 56.1 Å². The number of likely N-dealkylation sites (tertiary alicyclic amines) is 1. The molecule has 5 rings (SSSR count). The number of alkyl halides is 2. The van der Waals surface area contributed by atoms with Gasteiger partial charge in [-0.3, -0.25) is 4.90 Å². The first-order chi connectivity index (χ1) is 22.3. The van der Waals surface area contributed by atoms with Gasteiger partial charge in [0.2, 0.25) is 0 Å². The van der Waals surface area contributed by atoms with Crippen LogP contribution < -0.4 is 10.2 Å². The molecule has 3 amide bonds. The van der Waals surface area contributed by atoms with Gasteiger partial charge in [0, 0.05) is 63.5 Å². The van der Waals surface area contributed by atoms with Crippen molar-refractivity contribution in [1.82, 2.24) is 19.8 Å². The lowest BCUT2D eigenvalue weighted by atomic mass is 9.86. The van der Waals surface area contributed by atoms with Crippen molar-refractivity contribution in [3.8, 4) is 0 Å². The molecular weight excluding hydrogens is 598 g/mol. The van der Waals surface area contributed by atoms with Gasteiger partial charge in [0.15, 0.2) is 0 Å². The van der Waals surface area contributed by atoms with Crippen molar-refractivity contribution in [2.45, 2.75) is 82.7 Å². The van der Waals surface area contributed by atoms with Crippen molar-refractivity contribution < 1.29 is 33.3 Å². The minimum Gasteiger partial charge on any atom is -0.465 e. The van der Waals surface area contributed by atoms with Gasteiger partial charge in [-0.25, -0.2) is 28.3 Å². The molecule has 0 bridgehead atoms. The lowest BCUT2D eigenvalue weighted by Crippen LogP contribution is -2.53. The SMILES string of the molecule is O=C(O)N1CCC(C(F)(F)c2cccc(CCNc3ncnc4c3CN(C3CCOCC3)C(=O)N4CCCCCCCO)c2)CC1. The van der Waals surface area contributed by atoms with Crippen molar-refractivity contribution in [1.29, 1.82) is 0 Å². The molecule has 13 heteroatoms. The fourth-order valence-corrected chi connectivity index (χ4v) is 6.74. The third-order valence-electron chi connectivity index (χ3n) is 9.45. The molecule has 11 nitrogen and oxygen atoms in total. The van der Waals surface area contributed by atoms with Gasteiger partial charge >= 0.3 is 12.1 Å². The molecule has 0 saturated carbocycles. The van der Waals surface area contributed by atoms with Crippen LogP contribution in [0.4, 0.5) is 30.0 Å². The second-order valence-electron chi connectivity index (χ2n) is 12.5. The monoisotopic (exact) mass is 644 g/mol. The van der Waals surface area contributed by atoms with Gasteiger partial charge in [-0.15, -0.1) is 0 Å². The van der Waals surface area contributed by atoms with E-state index in [9.17, 15) is 9.59 Å². The number of aliphatic hydroxyl groups excluding tert-OH is 1. The number of hydrogen-bond donors (Lipinski definition) is 3. The third-order valence-corrected chi connectivity index (χ3v) is 9.45. The molecule has 2 fully saturated rings. The van der Waals surface area contributed by atoms with Crippen LogP contribution >= 0.6 is 0 Å². The highest BCUT2D eigenvalue weighted by molar-refractivity contribution is 5.94. The summed E-state index contributed by atoms with van der Waals surface area (Å²) >= 11 is 0.